The van der Waals surface area contributed by atoms with Crippen LogP contribution in [0, 0.1) is 5.92 Å². The number of amides is 1. The van der Waals surface area contributed by atoms with Crippen molar-refractivity contribution < 1.29 is 14.3 Å². The Hall–Kier alpha value is -1.89. The number of para-hydroxylation sites is 1. The molecular formula is C29H38N2O3S. The molecule has 2 aromatic rings. The maximum atomic E-state index is 12.8. The van der Waals surface area contributed by atoms with Crippen LogP contribution >= 0.6 is 11.3 Å². The summed E-state index contributed by atoms with van der Waals surface area (Å²) in [5.74, 6) is 1.59. The molecule has 2 fully saturated rings. The predicted octanol–water partition coefficient (Wildman–Crippen LogP) is 4.85. The van der Waals surface area contributed by atoms with Crippen LogP contribution in [0.2, 0.25) is 0 Å². The van der Waals surface area contributed by atoms with Crippen LogP contribution in [-0.4, -0.2) is 48.7 Å². The number of hydrogen-bond donors (Lipinski definition) is 1. The van der Waals surface area contributed by atoms with E-state index < -0.39 is 0 Å². The van der Waals surface area contributed by atoms with Crippen molar-refractivity contribution in [3.8, 4) is 5.75 Å². The first kappa shape index (κ1) is 23.5. The molecule has 1 amide bonds. The zero-order valence-corrected chi connectivity index (χ0v) is 21.9. The molecule has 4 heterocycles. The lowest BCUT2D eigenvalue weighted by atomic mass is 9.76. The van der Waals surface area contributed by atoms with Gasteiger partial charge >= 0.3 is 0 Å². The number of nitrogens with zero attached hydrogens (tertiary/aromatic N) is 1. The first-order valence-electron chi connectivity index (χ1n) is 13.6. The number of fused-ring (bicyclic) bond motifs is 3. The van der Waals surface area contributed by atoms with Crippen LogP contribution in [-0.2, 0) is 34.4 Å². The molecule has 0 radical (unpaired) electrons. The fourth-order valence-electron chi connectivity index (χ4n) is 6.68. The van der Waals surface area contributed by atoms with Crippen LogP contribution in [0.25, 0.3) is 0 Å². The number of hydrogen-bond acceptors (Lipinski definition) is 5. The molecule has 1 aliphatic carbocycles. The Morgan fingerprint density at radius 1 is 1.26 bits per heavy atom. The third kappa shape index (κ3) is 4.54. The lowest BCUT2D eigenvalue weighted by molar-refractivity contribution is -0.130. The van der Waals surface area contributed by atoms with E-state index in [1.807, 2.05) is 29.5 Å². The molecule has 6 heteroatoms. The highest BCUT2D eigenvalue weighted by molar-refractivity contribution is 7.12. The van der Waals surface area contributed by atoms with Crippen molar-refractivity contribution >= 4 is 17.2 Å². The van der Waals surface area contributed by atoms with Gasteiger partial charge < -0.3 is 19.7 Å². The van der Waals surface area contributed by atoms with Gasteiger partial charge in [0.15, 0.2) is 6.10 Å². The quantitative estimate of drug-likeness (QED) is 0.646. The van der Waals surface area contributed by atoms with Gasteiger partial charge in [0.1, 0.15) is 5.75 Å². The van der Waals surface area contributed by atoms with E-state index in [9.17, 15) is 4.79 Å². The van der Waals surface area contributed by atoms with Gasteiger partial charge in [0, 0.05) is 41.3 Å². The minimum atomic E-state index is -0.354. The molecule has 35 heavy (non-hydrogen) atoms. The van der Waals surface area contributed by atoms with Crippen LogP contribution in [0.5, 0.6) is 5.75 Å². The van der Waals surface area contributed by atoms with Gasteiger partial charge in [-0.2, -0.15) is 0 Å². The van der Waals surface area contributed by atoms with Crippen molar-refractivity contribution in [2.24, 2.45) is 5.92 Å². The number of likely N-dealkylation sites (tertiary alicyclic amines) is 1. The summed E-state index contributed by atoms with van der Waals surface area (Å²) in [5.41, 5.74) is 2.63. The molecule has 1 N–H and O–H groups in total. The Morgan fingerprint density at radius 2 is 2.11 bits per heavy atom. The topological polar surface area (TPSA) is 50.8 Å². The number of thiophene rings is 1. The Morgan fingerprint density at radius 3 is 2.94 bits per heavy atom. The minimum Gasteiger partial charge on any atom is -0.480 e. The van der Waals surface area contributed by atoms with Crippen molar-refractivity contribution in [3.05, 3.63) is 51.2 Å². The van der Waals surface area contributed by atoms with Crippen molar-refractivity contribution in [2.45, 2.75) is 89.0 Å². The van der Waals surface area contributed by atoms with Crippen molar-refractivity contribution in [1.29, 1.82) is 0 Å². The van der Waals surface area contributed by atoms with Gasteiger partial charge in [-0.15, -0.1) is 11.3 Å². The highest BCUT2D eigenvalue weighted by Crippen LogP contribution is 2.46. The molecule has 1 saturated heterocycles. The molecule has 1 saturated carbocycles. The van der Waals surface area contributed by atoms with E-state index in [0.717, 1.165) is 76.8 Å². The maximum Gasteiger partial charge on any atom is 0.261 e. The van der Waals surface area contributed by atoms with Crippen molar-refractivity contribution in [3.63, 3.8) is 0 Å². The number of carbonyl (C=O) groups excluding carboxylic acids is 1. The van der Waals surface area contributed by atoms with Gasteiger partial charge in [-0.05, 0) is 81.0 Å². The summed E-state index contributed by atoms with van der Waals surface area (Å²) in [6.45, 7) is 7.73. The molecule has 3 aliphatic heterocycles. The second kappa shape index (κ2) is 9.53. The second-order valence-electron chi connectivity index (χ2n) is 11.1. The summed E-state index contributed by atoms with van der Waals surface area (Å²) < 4.78 is 12.5. The second-order valence-corrected chi connectivity index (χ2v) is 12.3. The number of nitrogens with one attached hydrogen (secondary N) is 1. The van der Waals surface area contributed by atoms with Crippen LogP contribution < -0.4 is 10.1 Å². The molecule has 5 nitrogen and oxygen atoms in total. The summed E-state index contributed by atoms with van der Waals surface area (Å²) >= 11 is 2.00. The lowest BCUT2D eigenvalue weighted by Crippen LogP contribution is -2.55. The minimum absolute atomic E-state index is 0.0590. The Kier molecular flexibility index (Phi) is 6.40. The largest absolute Gasteiger partial charge is 0.480 e. The van der Waals surface area contributed by atoms with E-state index >= 15 is 0 Å². The van der Waals surface area contributed by atoms with Crippen LogP contribution in [0.1, 0.15) is 66.8 Å². The normalized spacial score (nSPS) is 32.3. The number of benzene rings is 1. The molecule has 4 aliphatic rings. The summed E-state index contributed by atoms with van der Waals surface area (Å²) in [4.78, 5) is 18.5. The number of ether oxygens (including phenoxy) is 2. The molecule has 1 unspecified atom stereocenters. The van der Waals surface area contributed by atoms with Gasteiger partial charge in [-0.25, -0.2) is 0 Å². The van der Waals surface area contributed by atoms with Crippen molar-refractivity contribution in [1.82, 2.24) is 10.2 Å². The summed E-state index contributed by atoms with van der Waals surface area (Å²) in [5, 5.41) is 3.26. The maximum absolute atomic E-state index is 12.8. The predicted molar refractivity (Wildman–Crippen MR) is 139 cm³/mol. The van der Waals surface area contributed by atoms with Crippen LogP contribution in [0.15, 0.2) is 30.3 Å². The number of rotatable bonds is 5. The zero-order chi connectivity index (χ0) is 24.0. The Balaban J connectivity index is 0.985. The fourth-order valence-corrected chi connectivity index (χ4v) is 7.86. The number of carbonyl (C=O) groups is 1. The van der Waals surface area contributed by atoms with Gasteiger partial charge in [0.25, 0.3) is 5.91 Å². The highest BCUT2D eigenvalue weighted by atomic mass is 32.1. The molecule has 1 aromatic heterocycles. The molecule has 1 spiro atoms. The summed E-state index contributed by atoms with van der Waals surface area (Å²) in [7, 11) is 0. The van der Waals surface area contributed by atoms with E-state index in [2.05, 4.69) is 36.2 Å². The molecular weight excluding hydrogens is 456 g/mol. The van der Waals surface area contributed by atoms with Gasteiger partial charge in [0.05, 0.1) is 12.2 Å². The van der Waals surface area contributed by atoms with Crippen LogP contribution in [0.3, 0.4) is 0 Å². The van der Waals surface area contributed by atoms with Crippen molar-refractivity contribution in [2.75, 3.05) is 19.7 Å². The van der Waals surface area contributed by atoms with E-state index in [4.69, 9.17) is 9.47 Å². The van der Waals surface area contributed by atoms with E-state index in [-0.39, 0.29) is 17.6 Å². The van der Waals surface area contributed by atoms with Crippen LogP contribution in [0.4, 0.5) is 0 Å². The molecule has 0 bridgehead atoms. The first-order valence-corrected chi connectivity index (χ1v) is 14.4. The average molecular weight is 495 g/mol. The van der Waals surface area contributed by atoms with E-state index in [1.54, 1.807) is 4.88 Å². The molecule has 1 aromatic carbocycles. The average Bonchev–Trinajstić information content (AvgIpc) is 3.29. The molecule has 6 rings (SSSR count). The molecule has 188 valence electrons. The van der Waals surface area contributed by atoms with E-state index in [1.165, 1.54) is 16.0 Å². The standard InChI is InChI=1S/C29H38N2O3S/c1-3-23-16-24-27(35-23)10-13-33-29(24)11-12-31(19(2)17-29)18-20-14-22(15-20)30-28(32)26-9-8-21-6-4-5-7-25(21)34-26/h4-7,16,19-20,22,26H,3,8-15,17-18H2,1-2H3,(H,30,32)/t19-,20?,22?,26?,29+/m0/s1. The Bertz CT molecular complexity index is 1080. The summed E-state index contributed by atoms with van der Waals surface area (Å²) in [6.07, 6.45) is 7.86. The van der Waals surface area contributed by atoms with Gasteiger partial charge in [0.2, 0.25) is 0 Å². The SMILES string of the molecule is CCc1cc2c(s1)CCO[C@@]21CCN(CC2CC(NC(=O)C3CCc4ccccc4O3)C2)[C@@H](C)C1. The monoisotopic (exact) mass is 494 g/mol. The number of piperidine rings is 1. The summed E-state index contributed by atoms with van der Waals surface area (Å²) in [6, 6.07) is 11.3. The zero-order valence-electron chi connectivity index (χ0n) is 21.1. The highest BCUT2D eigenvalue weighted by Gasteiger charge is 2.45. The first-order chi connectivity index (χ1) is 17.0. The third-order valence-corrected chi connectivity index (χ3v) is 10.1. The number of aryl methyl sites for hydroxylation is 2. The third-order valence-electron chi connectivity index (χ3n) is 8.74. The van der Waals surface area contributed by atoms with E-state index in [0.29, 0.717) is 18.0 Å². The van der Waals surface area contributed by atoms with Gasteiger partial charge in [-0.1, -0.05) is 25.1 Å². The fraction of sp³-hybridized carbons (Fsp3) is 0.621. The molecule has 3 atom stereocenters. The smallest absolute Gasteiger partial charge is 0.261 e. The lowest BCUT2D eigenvalue weighted by Gasteiger charge is -2.49. The Labute approximate surface area is 213 Å². The van der Waals surface area contributed by atoms with Gasteiger partial charge in [-0.3, -0.25) is 4.79 Å².